The minimum Gasteiger partial charge on any atom is -0.494 e. The monoisotopic (exact) mass is 532 g/mol. The molecule has 1 aromatic carbocycles. The second-order valence-electron chi connectivity index (χ2n) is 8.42. The number of amides is 1. The molecule has 4 N–H and O–H groups in total. The first-order chi connectivity index (χ1) is 18.9. The highest BCUT2D eigenvalue weighted by Gasteiger charge is 2.17. The number of benzene rings is 1. The van der Waals surface area contributed by atoms with Crippen molar-refractivity contribution in [2.45, 2.75) is 13.8 Å². The van der Waals surface area contributed by atoms with Gasteiger partial charge in [0.15, 0.2) is 0 Å². The van der Waals surface area contributed by atoms with Crippen LogP contribution in [0.4, 0.5) is 22.9 Å². The Morgan fingerprint density at radius 3 is 2.54 bits per heavy atom. The Kier molecular flexibility index (Phi) is 13.0. The number of carbonyl (C=O) groups is 1. The zero-order valence-corrected chi connectivity index (χ0v) is 23.5. The van der Waals surface area contributed by atoms with Crippen molar-refractivity contribution in [1.29, 1.82) is 5.41 Å². The minimum atomic E-state index is -0.307. The molecule has 0 unspecified atom stereocenters. The number of aromatic nitrogens is 2. The zero-order valence-electron chi connectivity index (χ0n) is 23.5. The molecule has 1 aromatic heterocycles. The van der Waals surface area contributed by atoms with Crippen molar-refractivity contribution in [1.82, 2.24) is 20.2 Å². The van der Waals surface area contributed by atoms with Crippen LogP contribution in [-0.2, 0) is 4.79 Å². The molecule has 39 heavy (non-hydrogen) atoms. The second kappa shape index (κ2) is 16.4. The number of allylic oxidation sites excluding steroid dienone is 5. The fourth-order valence-electron chi connectivity index (χ4n) is 3.72. The molecule has 208 valence electrons. The molecule has 0 saturated heterocycles. The van der Waals surface area contributed by atoms with Gasteiger partial charge in [-0.05, 0) is 43.6 Å². The van der Waals surface area contributed by atoms with Crippen LogP contribution in [0.5, 0.6) is 5.75 Å². The van der Waals surface area contributed by atoms with Crippen LogP contribution in [0.15, 0.2) is 67.7 Å². The molecule has 1 heterocycles. The van der Waals surface area contributed by atoms with E-state index in [1.54, 1.807) is 25.5 Å². The van der Waals surface area contributed by atoms with Crippen molar-refractivity contribution in [3.63, 3.8) is 0 Å². The van der Waals surface area contributed by atoms with Gasteiger partial charge in [-0.3, -0.25) is 4.79 Å². The average Bonchev–Trinajstić information content (AvgIpc) is 2.95. The first kappa shape index (κ1) is 30.8. The van der Waals surface area contributed by atoms with Gasteiger partial charge < -0.3 is 35.9 Å². The molecule has 2 aromatic rings. The van der Waals surface area contributed by atoms with Crippen molar-refractivity contribution in [3.8, 4) is 5.75 Å². The molecule has 0 aliphatic heterocycles. The molecular weight excluding hydrogens is 492 g/mol. The summed E-state index contributed by atoms with van der Waals surface area (Å²) in [6.45, 7) is 11.5. The summed E-state index contributed by atoms with van der Waals surface area (Å²) in [7, 11) is 5.41. The van der Waals surface area contributed by atoms with Gasteiger partial charge in [0.25, 0.3) is 0 Å². The van der Waals surface area contributed by atoms with E-state index >= 15 is 0 Å². The average molecular weight is 533 g/mol. The van der Waals surface area contributed by atoms with Gasteiger partial charge in [-0.25, -0.2) is 9.97 Å². The van der Waals surface area contributed by atoms with Gasteiger partial charge in [0.1, 0.15) is 17.9 Å². The number of nitrogens with zero attached hydrogens (tertiary/aromatic N) is 4. The third-order valence-corrected chi connectivity index (χ3v) is 5.96. The fraction of sp³-hybridized carbons (Fsp3) is 0.310. The lowest BCUT2D eigenvalue weighted by Crippen LogP contribution is -2.33. The van der Waals surface area contributed by atoms with E-state index in [-0.39, 0.29) is 5.91 Å². The lowest BCUT2D eigenvalue weighted by molar-refractivity contribution is -0.111. The van der Waals surface area contributed by atoms with Crippen LogP contribution in [0.2, 0.25) is 0 Å². The van der Waals surface area contributed by atoms with Crippen LogP contribution >= 0.6 is 0 Å². The molecule has 0 bridgehead atoms. The first-order valence-electron chi connectivity index (χ1n) is 12.8. The number of rotatable bonds is 16. The maximum absolute atomic E-state index is 12.3. The van der Waals surface area contributed by atoms with E-state index in [0.29, 0.717) is 28.6 Å². The summed E-state index contributed by atoms with van der Waals surface area (Å²) < 4.78 is 5.72. The Morgan fingerprint density at radius 1 is 1.13 bits per heavy atom. The van der Waals surface area contributed by atoms with Crippen molar-refractivity contribution >= 4 is 40.6 Å². The Bertz CT molecular complexity index is 1200. The van der Waals surface area contributed by atoms with Crippen molar-refractivity contribution in [2.24, 2.45) is 0 Å². The smallest absolute Gasteiger partial charge is 0.247 e. The van der Waals surface area contributed by atoms with Crippen LogP contribution in [0.25, 0.3) is 5.57 Å². The summed E-state index contributed by atoms with van der Waals surface area (Å²) in [6.07, 6.45) is 12.9. The maximum Gasteiger partial charge on any atom is 0.247 e. The number of hydrogen-bond donors (Lipinski definition) is 4. The van der Waals surface area contributed by atoms with E-state index in [1.807, 2.05) is 44.4 Å². The number of hydrogen-bond acceptors (Lipinski definition) is 9. The van der Waals surface area contributed by atoms with E-state index in [1.165, 1.54) is 18.6 Å². The Morgan fingerprint density at radius 2 is 1.90 bits per heavy atom. The molecule has 0 aliphatic rings. The van der Waals surface area contributed by atoms with Gasteiger partial charge >= 0.3 is 0 Å². The molecule has 1 amide bonds. The van der Waals surface area contributed by atoms with Gasteiger partial charge in [-0.15, -0.1) is 0 Å². The van der Waals surface area contributed by atoms with E-state index in [9.17, 15) is 4.79 Å². The molecule has 0 atom stereocenters. The summed E-state index contributed by atoms with van der Waals surface area (Å²) >= 11 is 0. The second-order valence-corrected chi connectivity index (χ2v) is 8.42. The number of anilines is 4. The molecule has 10 nitrogen and oxygen atoms in total. The topological polar surface area (TPSA) is 118 Å². The predicted molar refractivity (Wildman–Crippen MR) is 162 cm³/mol. The zero-order chi connectivity index (χ0) is 28.6. The normalized spacial score (nSPS) is 11.6. The summed E-state index contributed by atoms with van der Waals surface area (Å²) in [5, 5.41) is 16.4. The van der Waals surface area contributed by atoms with Gasteiger partial charge in [0.05, 0.1) is 29.9 Å². The highest BCUT2D eigenvalue weighted by molar-refractivity contribution is 6.02. The van der Waals surface area contributed by atoms with Crippen LogP contribution in [0, 0.1) is 5.41 Å². The molecule has 0 aliphatic carbocycles. The summed E-state index contributed by atoms with van der Waals surface area (Å²) in [4.78, 5) is 25.5. The minimum absolute atomic E-state index is 0.307. The quantitative estimate of drug-likeness (QED) is 0.142. The fourth-order valence-corrected chi connectivity index (χ4v) is 3.72. The van der Waals surface area contributed by atoms with Crippen molar-refractivity contribution in [3.05, 3.63) is 73.4 Å². The first-order valence-corrected chi connectivity index (χ1v) is 12.8. The SMILES string of the molecule is C=CC(=O)Nc1cc(Nc2cc(C(/C=C/NC)=C/C=C/C=N)ncn2)c(OC)cc1N(C)CCN(CC)CC. The summed E-state index contributed by atoms with van der Waals surface area (Å²) in [5.74, 6) is 0.829. The summed E-state index contributed by atoms with van der Waals surface area (Å²) in [5.41, 5.74) is 3.57. The predicted octanol–water partition coefficient (Wildman–Crippen LogP) is 4.45. The Balaban J connectivity index is 2.47. The number of likely N-dealkylation sites (N-methyl/N-ethyl adjacent to an activating group) is 2. The maximum atomic E-state index is 12.3. The summed E-state index contributed by atoms with van der Waals surface area (Å²) in [6, 6.07) is 5.54. The van der Waals surface area contributed by atoms with Gasteiger partial charge in [0, 0.05) is 51.1 Å². The molecule has 10 heteroatoms. The van der Waals surface area contributed by atoms with Crippen LogP contribution < -0.4 is 25.6 Å². The Hall–Kier alpha value is -4.44. The van der Waals surface area contributed by atoms with Crippen LogP contribution in [0.1, 0.15) is 19.5 Å². The molecule has 0 spiro atoms. The molecule has 2 rings (SSSR count). The highest BCUT2D eigenvalue weighted by atomic mass is 16.5. The van der Waals surface area contributed by atoms with Crippen LogP contribution in [-0.4, -0.2) is 74.4 Å². The van der Waals surface area contributed by atoms with E-state index in [2.05, 4.69) is 56.1 Å². The molecule has 0 fully saturated rings. The number of carbonyl (C=O) groups excluding carboxylic acids is 1. The van der Waals surface area contributed by atoms with Gasteiger partial charge in [-0.1, -0.05) is 32.6 Å². The molecular formula is C29H40N8O2. The lowest BCUT2D eigenvalue weighted by Gasteiger charge is -2.27. The van der Waals surface area contributed by atoms with Gasteiger partial charge in [-0.2, -0.15) is 0 Å². The largest absolute Gasteiger partial charge is 0.494 e. The van der Waals surface area contributed by atoms with E-state index in [0.717, 1.165) is 37.4 Å². The number of methoxy groups -OCH3 is 1. The number of ether oxygens (including phenoxy) is 1. The highest BCUT2D eigenvalue weighted by Crippen LogP contribution is 2.38. The third kappa shape index (κ3) is 9.42. The van der Waals surface area contributed by atoms with Crippen molar-refractivity contribution < 1.29 is 9.53 Å². The Labute approximate surface area is 231 Å². The van der Waals surface area contributed by atoms with Gasteiger partial charge in [0.2, 0.25) is 5.91 Å². The van der Waals surface area contributed by atoms with Crippen molar-refractivity contribution in [2.75, 3.05) is 62.9 Å². The lowest BCUT2D eigenvalue weighted by atomic mass is 10.1. The van der Waals surface area contributed by atoms with E-state index in [4.69, 9.17) is 10.1 Å². The number of nitrogens with one attached hydrogen (secondary N) is 4. The standard InChI is InChI=1S/C29H40N8O2/c1-7-29(38)35-24-18-25(27(39-6)20-26(24)36(5)16-17-37(8-2)9-3)34-28-19-23(32-21-33-28)22(13-15-31-4)12-10-11-14-30/h7,10-15,18-21,30-31H,1,8-9,16-17H2,2-6H3,(H,35,38)(H,32,33,34)/b11-10+,15-13+,22-12+,30-14?. The molecule has 0 radical (unpaired) electrons. The third-order valence-electron chi connectivity index (χ3n) is 5.96. The van der Waals surface area contributed by atoms with E-state index < -0.39 is 0 Å². The van der Waals surface area contributed by atoms with Crippen LogP contribution in [0.3, 0.4) is 0 Å². The molecule has 0 saturated carbocycles.